The molecule has 1 aromatic heterocycles. The molecule has 0 saturated heterocycles. The first-order valence-electron chi connectivity index (χ1n) is 10.5. The van der Waals surface area contributed by atoms with Gasteiger partial charge in [-0.25, -0.2) is 14.8 Å². The van der Waals surface area contributed by atoms with E-state index in [2.05, 4.69) is 23.0 Å². The first-order chi connectivity index (χ1) is 13.9. The Morgan fingerprint density at radius 2 is 1.72 bits per heavy atom. The Hall–Kier alpha value is -2.74. The van der Waals surface area contributed by atoms with Gasteiger partial charge < -0.3 is 4.74 Å². The van der Waals surface area contributed by atoms with E-state index in [0.717, 1.165) is 17.5 Å². The van der Waals surface area contributed by atoms with Gasteiger partial charge in [0.25, 0.3) is 0 Å². The number of carbonyl (C=O) groups excluding carboxylic acids is 1. The van der Waals surface area contributed by atoms with Crippen LogP contribution in [0.5, 0.6) is 5.75 Å². The van der Waals surface area contributed by atoms with E-state index in [4.69, 9.17) is 4.74 Å². The topological polar surface area (TPSA) is 75.9 Å². The molecule has 0 aliphatic carbocycles. The largest absolute Gasteiger partial charge is 0.425 e. The van der Waals surface area contributed by atoms with Gasteiger partial charge in [0.05, 0.1) is 6.07 Å². The van der Waals surface area contributed by atoms with Crippen LogP contribution in [0.25, 0.3) is 11.4 Å². The van der Waals surface area contributed by atoms with Crippen molar-refractivity contribution in [1.29, 1.82) is 5.26 Å². The summed E-state index contributed by atoms with van der Waals surface area (Å²) >= 11 is 0. The summed E-state index contributed by atoms with van der Waals surface area (Å²) in [7, 11) is 0. The summed E-state index contributed by atoms with van der Waals surface area (Å²) in [6.45, 7) is 7.49. The van der Waals surface area contributed by atoms with Crippen molar-refractivity contribution in [3.8, 4) is 23.2 Å². The van der Waals surface area contributed by atoms with Gasteiger partial charge >= 0.3 is 5.97 Å². The molecule has 2 rings (SSSR count). The molecular weight excluding hydrogens is 362 g/mol. The third kappa shape index (κ3) is 6.12. The lowest BCUT2D eigenvalue weighted by molar-refractivity contribution is -0.143. The maximum absolute atomic E-state index is 12.4. The quantitative estimate of drug-likeness (QED) is 0.292. The molecule has 1 atom stereocenters. The molecular formula is C24H31N3O2. The fourth-order valence-electron chi connectivity index (χ4n) is 2.86. The smallest absolute Gasteiger partial charge is 0.331 e. The van der Waals surface area contributed by atoms with Crippen molar-refractivity contribution >= 4 is 5.97 Å². The van der Waals surface area contributed by atoms with Crippen molar-refractivity contribution in [2.75, 3.05) is 0 Å². The molecule has 5 heteroatoms. The van der Waals surface area contributed by atoms with Gasteiger partial charge in [-0.3, -0.25) is 0 Å². The number of carbonyl (C=O) groups is 1. The fourth-order valence-corrected chi connectivity index (χ4v) is 2.86. The predicted octanol–water partition coefficient (Wildman–Crippen LogP) is 5.75. The molecule has 0 amide bonds. The lowest BCUT2D eigenvalue weighted by Gasteiger charge is -2.23. The molecule has 5 nitrogen and oxygen atoms in total. The highest BCUT2D eigenvalue weighted by atomic mass is 16.5. The zero-order valence-electron chi connectivity index (χ0n) is 17.9. The van der Waals surface area contributed by atoms with E-state index in [9.17, 15) is 10.1 Å². The van der Waals surface area contributed by atoms with Crippen LogP contribution in [0.1, 0.15) is 65.4 Å². The third-order valence-corrected chi connectivity index (χ3v) is 5.41. The van der Waals surface area contributed by atoms with E-state index in [1.165, 1.54) is 32.1 Å². The number of rotatable bonds is 10. The summed E-state index contributed by atoms with van der Waals surface area (Å²) in [5, 5.41) is 9.34. The highest BCUT2D eigenvalue weighted by molar-refractivity contribution is 5.82. The Labute approximate surface area is 174 Å². The highest BCUT2D eigenvalue weighted by Gasteiger charge is 2.39. The SMILES string of the molecule is CCCCCCCc1cnc(-c2ccc(OC(=O)C(C)(C#N)C(C)C)cc2)nc1. The van der Waals surface area contributed by atoms with E-state index in [1.54, 1.807) is 19.1 Å². The minimum Gasteiger partial charge on any atom is -0.425 e. The molecule has 0 spiro atoms. The standard InChI is InChI=1S/C24H31N3O2/c1-5-6-7-8-9-10-19-15-26-22(27-16-19)20-11-13-21(14-12-20)29-23(28)24(4,17-25)18(2)3/h11-16,18H,5-10H2,1-4H3. The van der Waals surface area contributed by atoms with Crippen LogP contribution in [0, 0.1) is 22.7 Å². The van der Waals surface area contributed by atoms with Crippen molar-refractivity contribution in [3.63, 3.8) is 0 Å². The van der Waals surface area contributed by atoms with E-state index in [0.29, 0.717) is 11.6 Å². The van der Waals surface area contributed by atoms with Gasteiger partial charge in [0.15, 0.2) is 11.2 Å². The van der Waals surface area contributed by atoms with Gasteiger partial charge in [0.2, 0.25) is 0 Å². The van der Waals surface area contributed by atoms with Crippen LogP contribution in [0.15, 0.2) is 36.7 Å². The summed E-state index contributed by atoms with van der Waals surface area (Å²) in [6.07, 6.45) is 11.0. The van der Waals surface area contributed by atoms with E-state index in [1.807, 2.05) is 38.4 Å². The molecule has 0 bridgehead atoms. The van der Waals surface area contributed by atoms with Crippen molar-refractivity contribution < 1.29 is 9.53 Å². The first kappa shape index (κ1) is 22.5. The second-order valence-corrected chi connectivity index (χ2v) is 7.96. The average Bonchev–Trinajstić information content (AvgIpc) is 2.73. The lowest BCUT2D eigenvalue weighted by atomic mass is 9.81. The second kappa shape index (κ2) is 10.7. The number of esters is 1. The summed E-state index contributed by atoms with van der Waals surface area (Å²) in [4.78, 5) is 21.3. The highest BCUT2D eigenvalue weighted by Crippen LogP contribution is 2.29. The molecule has 0 aliphatic heterocycles. The Bertz CT molecular complexity index is 823. The van der Waals surface area contributed by atoms with Crippen molar-refractivity contribution in [2.24, 2.45) is 11.3 Å². The molecule has 0 aliphatic rings. The van der Waals surface area contributed by atoms with Crippen LogP contribution in [0.3, 0.4) is 0 Å². The molecule has 2 aromatic rings. The number of ether oxygens (including phenoxy) is 1. The maximum atomic E-state index is 12.4. The number of nitriles is 1. The van der Waals surface area contributed by atoms with E-state index in [-0.39, 0.29) is 5.92 Å². The van der Waals surface area contributed by atoms with Gasteiger partial charge in [0, 0.05) is 18.0 Å². The van der Waals surface area contributed by atoms with Gasteiger partial charge in [0.1, 0.15) is 5.75 Å². The summed E-state index contributed by atoms with van der Waals surface area (Å²) < 4.78 is 5.41. The van der Waals surface area contributed by atoms with Crippen LogP contribution < -0.4 is 4.74 Å². The molecule has 29 heavy (non-hydrogen) atoms. The van der Waals surface area contributed by atoms with E-state index < -0.39 is 11.4 Å². The first-order valence-corrected chi connectivity index (χ1v) is 10.5. The van der Waals surface area contributed by atoms with E-state index >= 15 is 0 Å². The summed E-state index contributed by atoms with van der Waals surface area (Å²) in [5.74, 6) is 0.367. The zero-order chi connectivity index (χ0) is 21.3. The Morgan fingerprint density at radius 1 is 1.10 bits per heavy atom. The molecule has 1 aromatic carbocycles. The van der Waals surface area contributed by atoms with Gasteiger partial charge in [-0.15, -0.1) is 0 Å². The summed E-state index contributed by atoms with van der Waals surface area (Å²) in [6, 6.07) is 9.12. The number of hydrogen-bond donors (Lipinski definition) is 0. The van der Waals surface area contributed by atoms with Crippen LogP contribution in [0.2, 0.25) is 0 Å². The van der Waals surface area contributed by atoms with Crippen LogP contribution >= 0.6 is 0 Å². The molecule has 154 valence electrons. The predicted molar refractivity (Wildman–Crippen MR) is 114 cm³/mol. The number of unbranched alkanes of at least 4 members (excludes halogenated alkanes) is 4. The third-order valence-electron chi connectivity index (χ3n) is 5.41. The fraction of sp³-hybridized carbons (Fsp3) is 0.500. The zero-order valence-corrected chi connectivity index (χ0v) is 17.9. The maximum Gasteiger partial charge on any atom is 0.331 e. The number of aryl methyl sites for hydroxylation is 1. The van der Waals surface area contributed by atoms with Gasteiger partial charge in [-0.2, -0.15) is 5.26 Å². The molecule has 0 fully saturated rings. The average molecular weight is 394 g/mol. The van der Waals surface area contributed by atoms with Crippen LogP contribution in [0.4, 0.5) is 0 Å². The normalized spacial score (nSPS) is 13.0. The Kier molecular flexibility index (Phi) is 8.33. The number of hydrogen-bond acceptors (Lipinski definition) is 5. The summed E-state index contributed by atoms with van der Waals surface area (Å²) in [5.41, 5.74) is 0.834. The Balaban J connectivity index is 1.96. The molecule has 0 N–H and O–H groups in total. The minimum absolute atomic E-state index is 0.141. The minimum atomic E-state index is -1.17. The van der Waals surface area contributed by atoms with Gasteiger partial charge in [-0.05, 0) is 55.5 Å². The van der Waals surface area contributed by atoms with Crippen LogP contribution in [-0.2, 0) is 11.2 Å². The van der Waals surface area contributed by atoms with Gasteiger partial charge in [-0.1, -0.05) is 46.5 Å². The van der Waals surface area contributed by atoms with Crippen LogP contribution in [-0.4, -0.2) is 15.9 Å². The molecule has 0 saturated carbocycles. The molecule has 1 unspecified atom stereocenters. The number of benzene rings is 1. The van der Waals surface area contributed by atoms with Crippen molar-refractivity contribution in [1.82, 2.24) is 9.97 Å². The van der Waals surface area contributed by atoms with Crippen molar-refractivity contribution in [3.05, 3.63) is 42.2 Å². The molecule has 1 heterocycles. The van der Waals surface area contributed by atoms with Crippen molar-refractivity contribution in [2.45, 2.75) is 66.2 Å². The lowest BCUT2D eigenvalue weighted by Crippen LogP contribution is -2.35. The Morgan fingerprint density at radius 3 is 2.28 bits per heavy atom. The second-order valence-electron chi connectivity index (χ2n) is 7.96. The number of aromatic nitrogens is 2. The monoisotopic (exact) mass is 393 g/mol. The molecule has 0 radical (unpaired) electrons. The number of nitrogens with zero attached hydrogens (tertiary/aromatic N) is 3.